The smallest absolute Gasteiger partial charge is 0.220 e. The van der Waals surface area contributed by atoms with Gasteiger partial charge in [0.05, 0.1) is 12.7 Å². The van der Waals surface area contributed by atoms with Gasteiger partial charge in [-0.3, -0.25) is 4.79 Å². The van der Waals surface area contributed by atoms with Crippen LogP contribution in [-0.4, -0.2) is 38.3 Å². The Kier molecular flexibility index (Phi) is 7.37. The quantitative estimate of drug-likeness (QED) is 0.556. The Labute approximate surface area is 123 Å². The molecule has 1 aliphatic heterocycles. The van der Waals surface area contributed by atoms with Crippen molar-refractivity contribution in [3.63, 3.8) is 0 Å². The molecular formula is C16H30N2O2. The fraction of sp³-hybridized carbons (Fsp3) is 0.938. The van der Waals surface area contributed by atoms with Crippen LogP contribution in [0.5, 0.6) is 0 Å². The highest BCUT2D eigenvalue weighted by molar-refractivity contribution is 5.75. The van der Waals surface area contributed by atoms with Crippen molar-refractivity contribution in [3.05, 3.63) is 0 Å². The normalized spacial score (nSPS) is 24.5. The zero-order chi connectivity index (χ0) is 14.0. The summed E-state index contributed by atoms with van der Waals surface area (Å²) in [5, 5.41) is 6.32. The van der Waals surface area contributed by atoms with Gasteiger partial charge in [-0.2, -0.15) is 0 Å². The van der Waals surface area contributed by atoms with Gasteiger partial charge in [0.1, 0.15) is 0 Å². The van der Waals surface area contributed by atoms with E-state index in [0.717, 1.165) is 19.5 Å². The number of hydrogen-bond donors (Lipinski definition) is 2. The van der Waals surface area contributed by atoms with Crippen LogP contribution >= 0.6 is 0 Å². The Balaban J connectivity index is 1.46. The van der Waals surface area contributed by atoms with Crippen LogP contribution in [0.15, 0.2) is 0 Å². The second kappa shape index (κ2) is 9.35. The third-order valence-corrected chi connectivity index (χ3v) is 4.52. The van der Waals surface area contributed by atoms with Crippen LogP contribution in [0.25, 0.3) is 0 Å². The minimum absolute atomic E-state index is 0.182. The highest BCUT2D eigenvalue weighted by Crippen LogP contribution is 2.19. The highest BCUT2D eigenvalue weighted by Gasteiger charge is 2.16. The molecule has 2 aliphatic rings. The Morgan fingerprint density at radius 2 is 1.95 bits per heavy atom. The summed E-state index contributed by atoms with van der Waals surface area (Å²) in [7, 11) is 0. The van der Waals surface area contributed by atoms with Crippen LogP contribution in [0.4, 0.5) is 0 Å². The largest absolute Gasteiger partial charge is 0.376 e. The summed E-state index contributed by atoms with van der Waals surface area (Å²) in [5.74, 6) is 0.879. The van der Waals surface area contributed by atoms with Crippen LogP contribution in [0.2, 0.25) is 0 Å². The molecule has 4 heteroatoms. The number of carbonyl (C=O) groups excluding carboxylic acids is 1. The van der Waals surface area contributed by atoms with Crippen LogP contribution in [0.3, 0.4) is 0 Å². The van der Waals surface area contributed by atoms with Gasteiger partial charge in [0.2, 0.25) is 5.91 Å². The van der Waals surface area contributed by atoms with Crippen LogP contribution in [0, 0.1) is 5.92 Å². The van der Waals surface area contributed by atoms with Crippen LogP contribution < -0.4 is 10.6 Å². The number of hydrogen-bond acceptors (Lipinski definition) is 3. The standard InChI is InChI=1S/C16H30N2O2/c19-16(8-7-14-9-10-17-13-14)18-11-12-20-15-5-3-1-2-4-6-15/h14-15,17H,1-13H2,(H,18,19). The average Bonchev–Trinajstić information content (AvgIpc) is 2.84. The summed E-state index contributed by atoms with van der Waals surface area (Å²) >= 11 is 0. The van der Waals surface area contributed by atoms with E-state index >= 15 is 0 Å². The molecule has 0 aromatic carbocycles. The minimum Gasteiger partial charge on any atom is -0.376 e. The zero-order valence-corrected chi connectivity index (χ0v) is 12.7. The third-order valence-electron chi connectivity index (χ3n) is 4.52. The molecular weight excluding hydrogens is 252 g/mol. The molecule has 2 N–H and O–H groups in total. The maximum Gasteiger partial charge on any atom is 0.220 e. The molecule has 1 saturated carbocycles. The Bertz CT molecular complexity index is 270. The summed E-state index contributed by atoms with van der Waals surface area (Å²) in [6.45, 7) is 3.53. The van der Waals surface area contributed by atoms with E-state index in [9.17, 15) is 4.79 Å². The topological polar surface area (TPSA) is 50.4 Å². The molecule has 1 amide bonds. The summed E-state index contributed by atoms with van der Waals surface area (Å²) in [6, 6.07) is 0. The molecule has 0 spiro atoms. The Morgan fingerprint density at radius 1 is 1.15 bits per heavy atom. The molecule has 1 saturated heterocycles. The van der Waals surface area contributed by atoms with E-state index in [1.165, 1.54) is 44.9 Å². The van der Waals surface area contributed by atoms with E-state index < -0.39 is 0 Å². The molecule has 0 radical (unpaired) electrons. The molecule has 1 aliphatic carbocycles. The average molecular weight is 282 g/mol. The van der Waals surface area contributed by atoms with Crippen molar-refractivity contribution in [3.8, 4) is 0 Å². The van der Waals surface area contributed by atoms with Crippen molar-refractivity contribution in [1.82, 2.24) is 10.6 Å². The summed E-state index contributed by atoms with van der Waals surface area (Å²) in [6.07, 6.45) is 11.0. The molecule has 0 bridgehead atoms. The van der Waals surface area contributed by atoms with Gasteiger partial charge in [0.15, 0.2) is 0 Å². The van der Waals surface area contributed by atoms with Crippen molar-refractivity contribution < 1.29 is 9.53 Å². The first kappa shape index (κ1) is 15.8. The van der Waals surface area contributed by atoms with Gasteiger partial charge in [-0.25, -0.2) is 0 Å². The van der Waals surface area contributed by atoms with Gasteiger partial charge in [0.25, 0.3) is 0 Å². The molecule has 2 rings (SSSR count). The van der Waals surface area contributed by atoms with Crippen molar-refractivity contribution >= 4 is 5.91 Å². The van der Waals surface area contributed by atoms with Crippen molar-refractivity contribution in [2.75, 3.05) is 26.2 Å². The summed E-state index contributed by atoms with van der Waals surface area (Å²) < 4.78 is 5.87. The Morgan fingerprint density at radius 3 is 2.65 bits per heavy atom. The number of rotatable bonds is 7. The second-order valence-corrected chi connectivity index (χ2v) is 6.23. The molecule has 116 valence electrons. The predicted octanol–water partition coefficient (Wildman–Crippen LogP) is 2.23. The van der Waals surface area contributed by atoms with E-state index in [1.807, 2.05) is 0 Å². The van der Waals surface area contributed by atoms with Crippen LogP contribution in [-0.2, 0) is 9.53 Å². The first-order valence-electron chi connectivity index (χ1n) is 8.43. The molecule has 0 aromatic rings. The van der Waals surface area contributed by atoms with E-state index in [-0.39, 0.29) is 5.91 Å². The lowest BCUT2D eigenvalue weighted by atomic mass is 10.0. The molecule has 2 fully saturated rings. The van der Waals surface area contributed by atoms with Crippen molar-refractivity contribution in [2.45, 2.75) is 63.9 Å². The second-order valence-electron chi connectivity index (χ2n) is 6.23. The number of amides is 1. The Hall–Kier alpha value is -0.610. The summed E-state index contributed by atoms with van der Waals surface area (Å²) in [4.78, 5) is 11.7. The van der Waals surface area contributed by atoms with Gasteiger partial charge in [-0.15, -0.1) is 0 Å². The van der Waals surface area contributed by atoms with E-state index in [4.69, 9.17) is 4.74 Å². The first-order valence-corrected chi connectivity index (χ1v) is 8.43. The SMILES string of the molecule is O=C(CCC1CCNC1)NCCOC1CCCCCC1. The fourth-order valence-electron chi connectivity index (χ4n) is 3.21. The molecule has 0 aromatic heterocycles. The maximum atomic E-state index is 11.7. The lowest BCUT2D eigenvalue weighted by Gasteiger charge is -2.15. The lowest BCUT2D eigenvalue weighted by molar-refractivity contribution is -0.121. The van der Waals surface area contributed by atoms with Gasteiger partial charge in [-0.1, -0.05) is 25.7 Å². The lowest BCUT2D eigenvalue weighted by Crippen LogP contribution is -2.29. The van der Waals surface area contributed by atoms with Crippen molar-refractivity contribution in [2.24, 2.45) is 5.92 Å². The highest BCUT2D eigenvalue weighted by atomic mass is 16.5. The maximum absolute atomic E-state index is 11.7. The van der Waals surface area contributed by atoms with E-state index in [0.29, 0.717) is 31.6 Å². The molecule has 1 unspecified atom stereocenters. The minimum atomic E-state index is 0.182. The zero-order valence-electron chi connectivity index (χ0n) is 12.7. The molecule has 4 nitrogen and oxygen atoms in total. The summed E-state index contributed by atoms with van der Waals surface area (Å²) in [5.41, 5.74) is 0. The van der Waals surface area contributed by atoms with E-state index in [1.54, 1.807) is 0 Å². The van der Waals surface area contributed by atoms with Gasteiger partial charge in [0, 0.05) is 13.0 Å². The third kappa shape index (κ3) is 6.23. The molecule has 1 atom stereocenters. The number of ether oxygens (including phenoxy) is 1. The van der Waals surface area contributed by atoms with Crippen molar-refractivity contribution in [1.29, 1.82) is 0 Å². The van der Waals surface area contributed by atoms with Gasteiger partial charge >= 0.3 is 0 Å². The number of nitrogens with one attached hydrogen (secondary N) is 2. The predicted molar refractivity (Wildman–Crippen MR) is 80.7 cm³/mol. The monoisotopic (exact) mass is 282 g/mol. The van der Waals surface area contributed by atoms with Gasteiger partial charge in [-0.05, 0) is 44.7 Å². The van der Waals surface area contributed by atoms with Gasteiger partial charge < -0.3 is 15.4 Å². The number of carbonyl (C=O) groups is 1. The van der Waals surface area contributed by atoms with E-state index in [2.05, 4.69) is 10.6 Å². The molecule has 1 heterocycles. The first-order chi connectivity index (χ1) is 9.84. The molecule has 20 heavy (non-hydrogen) atoms. The fourth-order valence-corrected chi connectivity index (χ4v) is 3.21. The van der Waals surface area contributed by atoms with Crippen LogP contribution in [0.1, 0.15) is 57.8 Å².